The summed E-state index contributed by atoms with van der Waals surface area (Å²) in [4.78, 5) is 41.2. The van der Waals surface area contributed by atoms with E-state index in [-0.39, 0.29) is 11.6 Å². The maximum Gasteiger partial charge on any atom is 0.272 e. The van der Waals surface area contributed by atoms with Gasteiger partial charge >= 0.3 is 0 Å². The molecule has 0 aliphatic heterocycles. The van der Waals surface area contributed by atoms with Crippen molar-refractivity contribution < 1.29 is 14.4 Å². The number of fused-ring (bicyclic) bond motifs is 3. The summed E-state index contributed by atoms with van der Waals surface area (Å²) >= 11 is 4.84. The van der Waals surface area contributed by atoms with E-state index in [4.69, 9.17) is 0 Å². The van der Waals surface area contributed by atoms with E-state index in [0.717, 1.165) is 36.7 Å². The molecule has 6 nitrogen and oxygen atoms in total. The first-order valence-corrected chi connectivity index (χ1v) is 16.0. The third-order valence-corrected chi connectivity index (χ3v) is 8.87. The molecule has 45 heavy (non-hydrogen) atoms. The van der Waals surface area contributed by atoms with Crippen molar-refractivity contribution in [1.29, 1.82) is 0 Å². The molecule has 2 amide bonds. The Morgan fingerprint density at radius 3 is 2.04 bits per heavy atom. The zero-order chi connectivity index (χ0) is 31.3. The van der Waals surface area contributed by atoms with E-state index in [9.17, 15) is 14.4 Å². The van der Waals surface area contributed by atoms with Gasteiger partial charge in [0.25, 0.3) is 11.8 Å². The van der Waals surface area contributed by atoms with Gasteiger partial charge in [-0.05, 0) is 73.2 Å². The molecule has 6 aromatic rings. The van der Waals surface area contributed by atoms with Gasteiger partial charge < -0.3 is 10.6 Å². The molecule has 0 fully saturated rings. The van der Waals surface area contributed by atoms with Gasteiger partial charge in [0.2, 0.25) is 5.91 Å². The molecule has 0 aliphatic rings. The first-order chi connectivity index (χ1) is 21.9. The number of benzene rings is 5. The van der Waals surface area contributed by atoms with Gasteiger partial charge in [0.15, 0.2) is 0 Å². The zero-order valence-corrected chi connectivity index (χ0v) is 26.6. The molecule has 1 atom stereocenters. The molecule has 1 unspecified atom stereocenters. The van der Waals surface area contributed by atoms with E-state index in [1.165, 1.54) is 11.8 Å². The van der Waals surface area contributed by atoms with Crippen LogP contribution in [-0.4, -0.2) is 27.5 Å². The molecule has 0 radical (unpaired) electrons. The van der Waals surface area contributed by atoms with Gasteiger partial charge in [0, 0.05) is 31.4 Å². The molecular formula is C37H28BrN3O3S. The second-order valence-corrected chi connectivity index (χ2v) is 12.7. The fraction of sp³-hybridized carbons (Fsp3) is 0.0541. The number of para-hydroxylation sites is 2. The lowest BCUT2D eigenvalue weighted by Crippen LogP contribution is -2.30. The lowest BCUT2D eigenvalue weighted by Gasteiger charge is -2.15. The van der Waals surface area contributed by atoms with E-state index in [1.54, 1.807) is 41.0 Å². The molecular weight excluding hydrogens is 646 g/mol. The molecule has 0 saturated carbocycles. The minimum absolute atomic E-state index is 0.0322. The second-order valence-electron chi connectivity index (χ2n) is 10.4. The maximum atomic E-state index is 13.8. The monoisotopic (exact) mass is 673 g/mol. The smallest absolute Gasteiger partial charge is 0.272 e. The molecule has 5 aromatic carbocycles. The van der Waals surface area contributed by atoms with Gasteiger partial charge in [-0.15, -0.1) is 11.8 Å². The third-order valence-electron chi connectivity index (χ3n) is 7.26. The molecule has 0 aliphatic carbocycles. The van der Waals surface area contributed by atoms with Crippen LogP contribution in [0.15, 0.2) is 142 Å². The Kier molecular flexibility index (Phi) is 8.96. The Labute approximate surface area is 273 Å². The molecule has 8 heteroatoms. The highest BCUT2D eigenvalue weighted by Crippen LogP contribution is 2.32. The van der Waals surface area contributed by atoms with Crippen molar-refractivity contribution in [2.75, 3.05) is 5.32 Å². The highest BCUT2D eigenvalue weighted by molar-refractivity contribution is 9.10. The van der Waals surface area contributed by atoms with Crippen LogP contribution in [-0.2, 0) is 4.79 Å². The number of hydrogen-bond acceptors (Lipinski definition) is 4. The predicted octanol–water partition coefficient (Wildman–Crippen LogP) is 8.79. The number of hydrogen-bond donors (Lipinski definition) is 2. The highest BCUT2D eigenvalue weighted by Gasteiger charge is 2.22. The highest BCUT2D eigenvalue weighted by atomic mass is 79.9. The normalized spacial score (nSPS) is 12.2. The summed E-state index contributed by atoms with van der Waals surface area (Å²) in [6.45, 7) is 1.89. The Morgan fingerprint density at radius 1 is 0.756 bits per heavy atom. The molecule has 1 aromatic heterocycles. The van der Waals surface area contributed by atoms with Crippen molar-refractivity contribution in [3.63, 3.8) is 0 Å². The predicted molar refractivity (Wildman–Crippen MR) is 186 cm³/mol. The number of amides is 2. The number of carbonyl (C=O) groups is 3. The number of thioether (sulfide) groups is 1. The third kappa shape index (κ3) is 6.77. The fourth-order valence-corrected chi connectivity index (χ4v) is 6.34. The Hall–Kier alpha value is -4.92. The molecule has 0 saturated heterocycles. The molecule has 222 valence electrons. The lowest BCUT2D eigenvalue weighted by atomic mass is 10.1. The number of nitrogens with zero attached hydrogens (tertiary/aromatic N) is 1. The van der Waals surface area contributed by atoms with Crippen LogP contribution in [0.4, 0.5) is 5.69 Å². The zero-order valence-electron chi connectivity index (χ0n) is 24.2. The topological polar surface area (TPSA) is 80.2 Å². The van der Waals surface area contributed by atoms with Crippen LogP contribution in [0.2, 0.25) is 0 Å². The number of aromatic nitrogens is 1. The van der Waals surface area contributed by atoms with Gasteiger partial charge in [-0.2, -0.15) is 0 Å². The van der Waals surface area contributed by atoms with Crippen LogP contribution in [0.5, 0.6) is 0 Å². The number of carbonyl (C=O) groups excluding carboxylic acids is 3. The SMILES string of the molecule is CC(Sc1cccc(NC(=O)/C(=C/c2ccc(Br)cc2)NC(=O)c2ccccc2)c1)C(=O)n1c2ccccc2c2ccccc21. The summed E-state index contributed by atoms with van der Waals surface area (Å²) in [5.41, 5.74) is 3.57. The number of nitrogens with one attached hydrogen (secondary N) is 2. The standard InChI is InChI=1S/C37H28BrN3O3S/c1-24(37(44)41-33-16-7-5-14-30(33)31-15-6-8-17-34(31)41)45-29-13-9-12-28(23-29)39-36(43)32(22-25-18-20-27(38)21-19-25)40-35(42)26-10-3-2-4-11-26/h2-24H,1H3,(H,39,43)(H,40,42)/b32-22-. The van der Waals surface area contributed by atoms with Crippen LogP contribution < -0.4 is 10.6 Å². The van der Waals surface area contributed by atoms with E-state index in [0.29, 0.717) is 11.3 Å². The Balaban J connectivity index is 1.22. The molecule has 0 bridgehead atoms. The van der Waals surface area contributed by atoms with Crippen LogP contribution in [0.25, 0.3) is 27.9 Å². The molecule has 2 N–H and O–H groups in total. The van der Waals surface area contributed by atoms with Crippen LogP contribution in [0.1, 0.15) is 27.6 Å². The largest absolute Gasteiger partial charge is 0.321 e. The van der Waals surface area contributed by atoms with Crippen molar-refractivity contribution in [2.45, 2.75) is 17.1 Å². The molecule has 6 rings (SSSR count). The van der Waals surface area contributed by atoms with Crippen LogP contribution in [0.3, 0.4) is 0 Å². The summed E-state index contributed by atoms with van der Waals surface area (Å²) in [5.74, 6) is -0.898. The van der Waals surface area contributed by atoms with Crippen molar-refractivity contribution in [3.05, 3.63) is 149 Å². The van der Waals surface area contributed by atoms with Gasteiger partial charge in [-0.3, -0.25) is 19.0 Å². The van der Waals surface area contributed by atoms with E-state index >= 15 is 0 Å². The maximum absolute atomic E-state index is 13.8. The molecule has 1 heterocycles. The first kappa shape index (κ1) is 30.1. The summed E-state index contributed by atoms with van der Waals surface area (Å²) in [7, 11) is 0. The summed E-state index contributed by atoms with van der Waals surface area (Å²) < 4.78 is 2.70. The summed E-state index contributed by atoms with van der Waals surface area (Å²) in [6.07, 6.45) is 1.63. The summed E-state index contributed by atoms with van der Waals surface area (Å²) in [5, 5.41) is 7.35. The minimum Gasteiger partial charge on any atom is -0.321 e. The Bertz CT molecular complexity index is 2020. The van der Waals surface area contributed by atoms with Crippen molar-refractivity contribution in [1.82, 2.24) is 9.88 Å². The van der Waals surface area contributed by atoms with E-state index < -0.39 is 17.1 Å². The van der Waals surface area contributed by atoms with Crippen molar-refractivity contribution >= 4 is 79.0 Å². The first-order valence-electron chi connectivity index (χ1n) is 14.3. The van der Waals surface area contributed by atoms with Crippen LogP contribution in [0, 0.1) is 0 Å². The number of halogens is 1. The van der Waals surface area contributed by atoms with Gasteiger partial charge in [-0.1, -0.05) is 88.7 Å². The van der Waals surface area contributed by atoms with Crippen molar-refractivity contribution in [3.8, 4) is 0 Å². The summed E-state index contributed by atoms with van der Waals surface area (Å²) in [6, 6.07) is 39.3. The lowest BCUT2D eigenvalue weighted by molar-refractivity contribution is -0.113. The average molecular weight is 675 g/mol. The van der Waals surface area contributed by atoms with Crippen molar-refractivity contribution in [2.24, 2.45) is 0 Å². The fourth-order valence-electron chi connectivity index (χ4n) is 5.11. The Morgan fingerprint density at radius 2 is 1.38 bits per heavy atom. The van der Waals surface area contributed by atoms with Gasteiger partial charge in [0.1, 0.15) is 5.70 Å². The second kappa shape index (κ2) is 13.4. The van der Waals surface area contributed by atoms with E-state index in [1.807, 2.05) is 104 Å². The quantitative estimate of drug-likeness (QED) is 0.125. The van der Waals surface area contributed by atoms with Gasteiger partial charge in [0.05, 0.1) is 16.3 Å². The number of anilines is 1. The van der Waals surface area contributed by atoms with Crippen LogP contribution >= 0.6 is 27.7 Å². The molecule has 0 spiro atoms. The van der Waals surface area contributed by atoms with E-state index in [2.05, 4.69) is 26.6 Å². The average Bonchev–Trinajstić information content (AvgIpc) is 3.40. The number of rotatable bonds is 8. The minimum atomic E-state index is -0.473. The van der Waals surface area contributed by atoms with Gasteiger partial charge in [-0.25, -0.2) is 0 Å².